The number of tetrazole rings is 1. The number of rotatable bonds is 9. The minimum atomic E-state index is -0.555. The van der Waals surface area contributed by atoms with E-state index in [2.05, 4.69) is 20.8 Å². The van der Waals surface area contributed by atoms with Gasteiger partial charge in [0.15, 0.2) is 5.82 Å². The van der Waals surface area contributed by atoms with Gasteiger partial charge >= 0.3 is 0 Å². The third-order valence-electron chi connectivity index (χ3n) is 3.94. The van der Waals surface area contributed by atoms with Crippen molar-refractivity contribution < 1.29 is 14.3 Å². The molecule has 8 heteroatoms. The zero-order valence-corrected chi connectivity index (χ0v) is 14.5. The number of hydrogen-bond acceptors (Lipinski definition) is 6. The molecule has 1 aliphatic carbocycles. The molecule has 1 amide bonds. The van der Waals surface area contributed by atoms with E-state index in [9.17, 15) is 4.79 Å². The van der Waals surface area contributed by atoms with Crippen molar-refractivity contribution in [2.24, 2.45) is 0 Å². The summed E-state index contributed by atoms with van der Waals surface area (Å²) in [6, 6.07) is 7.90. The van der Waals surface area contributed by atoms with Crippen molar-refractivity contribution in [3.05, 3.63) is 24.3 Å². The van der Waals surface area contributed by atoms with Crippen molar-refractivity contribution in [1.29, 1.82) is 0 Å². The first-order valence-electron chi connectivity index (χ1n) is 8.57. The normalized spacial score (nSPS) is 15.1. The van der Waals surface area contributed by atoms with Gasteiger partial charge in [-0.05, 0) is 49.2 Å². The monoisotopic (exact) mass is 345 g/mol. The molecule has 0 aliphatic heterocycles. The summed E-state index contributed by atoms with van der Waals surface area (Å²) in [4.78, 5) is 12.2. The minimum Gasteiger partial charge on any atom is -0.379 e. The molecule has 0 saturated heterocycles. The number of ether oxygens (including phenoxy) is 2. The molecule has 1 aliphatic rings. The van der Waals surface area contributed by atoms with E-state index < -0.39 is 6.10 Å². The Morgan fingerprint density at radius 2 is 2.24 bits per heavy atom. The van der Waals surface area contributed by atoms with Gasteiger partial charge in [-0.15, -0.1) is 5.10 Å². The summed E-state index contributed by atoms with van der Waals surface area (Å²) < 4.78 is 12.5. The Labute approximate surface area is 146 Å². The second-order valence-electron chi connectivity index (χ2n) is 5.96. The number of anilines is 1. The average molecular weight is 345 g/mol. The van der Waals surface area contributed by atoms with Gasteiger partial charge in [-0.3, -0.25) is 4.79 Å². The first kappa shape index (κ1) is 17.5. The molecule has 134 valence electrons. The quantitative estimate of drug-likeness (QED) is 0.700. The zero-order chi connectivity index (χ0) is 17.6. The standard InChI is InChI=1S/C17H23N5O3/c1-3-24-9-10-25-12(2)17(23)18-14-6-4-5-13(11-14)16-19-20-21-22(16)15-7-8-15/h4-6,11-12,15H,3,7-10H2,1-2H3,(H,18,23). The van der Waals surface area contributed by atoms with Crippen LogP contribution in [0, 0.1) is 0 Å². The second-order valence-corrected chi connectivity index (χ2v) is 5.96. The first-order valence-corrected chi connectivity index (χ1v) is 8.57. The lowest BCUT2D eigenvalue weighted by Gasteiger charge is -2.14. The second kappa shape index (κ2) is 8.17. The van der Waals surface area contributed by atoms with E-state index in [1.54, 1.807) is 6.92 Å². The maximum Gasteiger partial charge on any atom is 0.253 e. The summed E-state index contributed by atoms with van der Waals surface area (Å²) in [6.07, 6.45) is 1.65. The highest BCUT2D eigenvalue weighted by Gasteiger charge is 2.28. The van der Waals surface area contributed by atoms with E-state index in [4.69, 9.17) is 9.47 Å². The Morgan fingerprint density at radius 1 is 1.40 bits per heavy atom. The van der Waals surface area contributed by atoms with Crippen molar-refractivity contribution in [1.82, 2.24) is 20.2 Å². The minimum absolute atomic E-state index is 0.199. The number of aromatic nitrogens is 4. The summed E-state index contributed by atoms with van der Waals surface area (Å²) in [6.45, 7) is 5.14. The lowest BCUT2D eigenvalue weighted by atomic mass is 10.2. The van der Waals surface area contributed by atoms with Crippen LogP contribution >= 0.6 is 0 Å². The van der Waals surface area contributed by atoms with Crippen LogP contribution in [0.1, 0.15) is 32.7 Å². The van der Waals surface area contributed by atoms with Crippen LogP contribution in [0.3, 0.4) is 0 Å². The highest BCUT2D eigenvalue weighted by atomic mass is 16.5. The maximum absolute atomic E-state index is 12.2. The fourth-order valence-corrected chi connectivity index (χ4v) is 2.43. The number of nitrogens with zero attached hydrogens (tertiary/aromatic N) is 4. The summed E-state index contributed by atoms with van der Waals surface area (Å²) in [7, 11) is 0. The van der Waals surface area contributed by atoms with Gasteiger partial charge in [0.25, 0.3) is 5.91 Å². The van der Waals surface area contributed by atoms with E-state index in [1.165, 1.54) is 0 Å². The number of benzene rings is 1. The molecule has 1 heterocycles. The SMILES string of the molecule is CCOCCOC(C)C(=O)Nc1cccc(-c2nnnn2C2CC2)c1. The molecule has 0 bridgehead atoms. The Morgan fingerprint density at radius 3 is 3.00 bits per heavy atom. The van der Waals surface area contributed by atoms with Gasteiger partial charge in [0.05, 0.1) is 19.3 Å². The first-order chi connectivity index (χ1) is 12.2. The van der Waals surface area contributed by atoms with Gasteiger partial charge in [-0.2, -0.15) is 0 Å². The molecule has 2 aromatic rings. The van der Waals surface area contributed by atoms with Crippen molar-refractivity contribution in [2.75, 3.05) is 25.1 Å². The number of carbonyl (C=O) groups is 1. The summed E-state index contributed by atoms with van der Waals surface area (Å²) in [5.41, 5.74) is 1.56. The van der Waals surface area contributed by atoms with Gasteiger partial charge in [0, 0.05) is 17.9 Å². The third-order valence-corrected chi connectivity index (χ3v) is 3.94. The lowest BCUT2D eigenvalue weighted by Crippen LogP contribution is -2.28. The maximum atomic E-state index is 12.2. The van der Waals surface area contributed by atoms with Crippen LogP contribution in [0.25, 0.3) is 11.4 Å². The van der Waals surface area contributed by atoms with Crippen LogP contribution in [0.15, 0.2) is 24.3 Å². The van der Waals surface area contributed by atoms with Crippen molar-refractivity contribution in [2.45, 2.75) is 38.8 Å². The molecule has 1 N–H and O–H groups in total. The summed E-state index contributed by atoms with van der Waals surface area (Å²) in [5, 5.41) is 14.8. The van der Waals surface area contributed by atoms with Crippen LogP contribution in [0.5, 0.6) is 0 Å². The molecule has 3 rings (SSSR count). The Hall–Kier alpha value is -2.32. The molecular formula is C17H23N5O3. The molecule has 25 heavy (non-hydrogen) atoms. The third kappa shape index (κ3) is 4.61. The zero-order valence-electron chi connectivity index (χ0n) is 14.5. The van der Waals surface area contributed by atoms with Crippen LogP contribution in [-0.4, -0.2) is 52.0 Å². The molecule has 1 aromatic carbocycles. The Bertz CT molecular complexity index is 714. The van der Waals surface area contributed by atoms with Gasteiger partial charge < -0.3 is 14.8 Å². The number of hydrogen-bond donors (Lipinski definition) is 1. The molecule has 1 atom stereocenters. The molecule has 8 nitrogen and oxygen atoms in total. The molecule has 1 saturated carbocycles. The van der Waals surface area contributed by atoms with Gasteiger partial charge in [0.1, 0.15) is 6.10 Å². The molecule has 1 aromatic heterocycles. The topological polar surface area (TPSA) is 91.2 Å². The summed E-state index contributed by atoms with van der Waals surface area (Å²) in [5.74, 6) is 0.523. The molecular weight excluding hydrogens is 322 g/mol. The predicted molar refractivity (Wildman–Crippen MR) is 92.1 cm³/mol. The number of nitrogens with one attached hydrogen (secondary N) is 1. The molecule has 0 radical (unpaired) electrons. The fourth-order valence-electron chi connectivity index (χ4n) is 2.43. The van der Waals surface area contributed by atoms with E-state index in [-0.39, 0.29) is 5.91 Å². The number of carbonyl (C=O) groups excluding carboxylic acids is 1. The Balaban J connectivity index is 1.61. The van der Waals surface area contributed by atoms with Crippen molar-refractivity contribution in [3.8, 4) is 11.4 Å². The van der Waals surface area contributed by atoms with Crippen LogP contribution < -0.4 is 5.32 Å². The van der Waals surface area contributed by atoms with E-state index in [0.29, 0.717) is 31.5 Å². The van der Waals surface area contributed by atoms with Crippen LogP contribution in [0.2, 0.25) is 0 Å². The van der Waals surface area contributed by atoms with Crippen LogP contribution in [0.4, 0.5) is 5.69 Å². The van der Waals surface area contributed by atoms with E-state index >= 15 is 0 Å². The van der Waals surface area contributed by atoms with Crippen molar-refractivity contribution in [3.63, 3.8) is 0 Å². The van der Waals surface area contributed by atoms with Crippen molar-refractivity contribution >= 4 is 11.6 Å². The van der Waals surface area contributed by atoms with Gasteiger partial charge in [-0.1, -0.05) is 12.1 Å². The summed E-state index contributed by atoms with van der Waals surface area (Å²) >= 11 is 0. The lowest BCUT2D eigenvalue weighted by molar-refractivity contribution is -0.127. The average Bonchev–Trinajstić information content (AvgIpc) is 3.35. The largest absolute Gasteiger partial charge is 0.379 e. The highest BCUT2D eigenvalue weighted by molar-refractivity contribution is 5.94. The van der Waals surface area contributed by atoms with E-state index in [0.717, 1.165) is 24.2 Å². The Kier molecular flexibility index (Phi) is 5.72. The highest BCUT2D eigenvalue weighted by Crippen LogP contribution is 2.36. The smallest absolute Gasteiger partial charge is 0.253 e. The predicted octanol–water partition coefficient (Wildman–Crippen LogP) is 2.06. The van der Waals surface area contributed by atoms with Gasteiger partial charge in [-0.25, -0.2) is 4.68 Å². The molecule has 0 spiro atoms. The number of amides is 1. The van der Waals surface area contributed by atoms with Crippen LogP contribution in [-0.2, 0) is 14.3 Å². The van der Waals surface area contributed by atoms with Gasteiger partial charge in [0.2, 0.25) is 0 Å². The van der Waals surface area contributed by atoms with E-state index in [1.807, 2.05) is 35.9 Å². The molecule has 1 fully saturated rings. The molecule has 1 unspecified atom stereocenters. The fraction of sp³-hybridized carbons (Fsp3) is 0.529.